The molecule has 2 aromatic rings. The number of fused-ring (bicyclic) bond motifs is 1. The van der Waals surface area contributed by atoms with Crippen LogP contribution in [0.4, 0.5) is 13.2 Å². The van der Waals surface area contributed by atoms with Crippen molar-refractivity contribution in [2.45, 2.75) is 11.1 Å². The van der Waals surface area contributed by atoms with Crippen molar-refractivity contribution in [3.05, 3.63) is 52.5 Å². The molecule has 2 heterocycles. The monoisotopic (exact) mass is 476 g/mol. The van der Waals surface area contributed by atoms with E-state index >= 15 is 0 Å². The zero-order chi connectivity index (χ0) is 22.4. The first-order chi connectivity index (χ1) is 14.6. The first kappa shape index (κ1) is 21.7. The van der Waals surface area contributed by atoms with Crippen molar-refractivity contribution in [2.24, 2.45) is 0 Å². The SMILES string of the molecule is O=C(c1cccc2c1OCO2)N1CCN(S(=O)(=O)c2cc(C(F)(F)F)ccc2Cl)CC1. The van der Waals surface area contributed by atoms with E-state index in [0.29, 0.717) is 23.1 Å². The minimum absolute atomic E-state index is 0.00337. The van der Waals surface area contributed by atoms with Gasteiger partial charge in [0.2, 0.25) is 16.8 Å². The van der Waals surface area contributed by atoms with Crippen LogP contribution in [0.2, 0.25) is 5.02 Å². The third-order valence-electron chi connectivity index (χ3n) is 5.03. The van der Waals surface area contributed by atoms with Crippen LogP contribution in [0.1, 0.15) is 15.9 Å². The molecule has 1 saturated heterocycles. The van der Waals surface area contributed by atoms with Gasteiger partial charge in [-0.15, -0.1) is 0 Å². The highest BCUT2D eigenvalue weighted by Crippen LogP contribution is 2.37. The Morgan fingerprint density at radius 1 is 1.03 bits per heavy atom. The molecule has 2 aliphatic heterocycles. The molecule has 0 aromatic heterocycles. The number of halogens is 4. The standard InChI is InChI=1S/C19H16ClF3N2O5S/c20-14-5-4-12(19(21,22)23)10-16(14)31(27,28)25-8-6-24(7-9-25)18(26)13-2-1-3-15-17(13)30-11-29-15/h1-5,10H,6-9,11H2. The number of rotatable bonds is 3. The zero-order valence-electron chi connectivity index (χ0n) is 15.9. The van der Waals surface area contributed by atoms with Gasteiger partial charge in [-0.1, -0.05) is 17.7 Å². The van der Waals surface area contributed by atoms with E-state index in [1.54, 1.807) is 18.2 Å². The van der Waals surface area contributed by atoms with Crippen molar-refractivity contribution in [1.29, 1.82) is 0 Å². The highest BCUT2D eigenvalue weighted by molar-refractivity contribution is 7.89. The molecule has 0 unspecified atom stereocenters. The number of amides is 1. The Labute approximate surface area is 181 Å². The predicted octanol–water partition coefficient (Wildman–Crippen LogP) is 3.23. The van der Waals surface area contributed by atoms with E-state index in [9.17, 15) is 26.4 Å². The van der Waals surface area contributed by atoms with Gasteiger partial charge in [0.1, 0.15) is 4.90 Å². The minimum Gasteiger partial charge on any atom is -0.454 e. The lowest BCUT2D eigenvalue weighted by Crippen LogP contribution is -2.50. The molecule has 0 saturated carbocycles. The fraction of sp³-hybridized carbons (Fsp3) is 0.316. The van der Waals surface area contributed by atoms with Gasteiger partial charge >= 0.3 is 6.18 Å². The number of hydrogen-bond acceptors (Lipinski definition) is 5. The van der Waals surface area contributed by atoms with Crippen molar-refractivity contribution >= 4 is 27.5 Å². The summed E-state index contributed by atoms with van der Waals surface area (Å²) >= 11 is 5.90. The number of carbonyl (C=O) groups is 1. The van der Waals surface area contributed by atoms with Crippen LogP contribution in [-0.2, 0) is 16.2 Å². The maximum absolute atomic E-state index is 13.0. The molecule has 1 amide bonds. The molecule has 2 aliphatic rings. The molecule has 0 aliphatic carbocycles. The summed E-state index contributed by atoms with van der Waals surface area (Å²) in [5.74, 6) is 0.432. The molecule has 0 N–H and O–H groups in total. The number of para-hydroxylation sites is 1. The molecule has 0 atom stereocenters. The number of sulfonamides is 1. The van der Waals surface area contributed by atoms with Gasteiger partial charge in [-0.3, -0.25) is 4.79 Å². The summed E-state index contributed by atoms with van der Waals surface area (Å²) in [6.45, 7) is -0.0677. The average molecular weight is 477 g/mol. The summed E-state index contributed by atoms with van der Waals surface area (Å²) in [6, 6.07) is 7.07. The van der Waals surface area contributed by atoms with Crippen molar-refractivity contribution < 1.29 is 35.9 Å². The molecule has 12 heteroatoms. The Morgan fingerprint density at radius 3 is 2.42 bits per heavy atom. The van der Waals surface area contributed by atoms with Gasteiger partial charge in [-0.05, 0) is 30.3 Å². The fourth-order valence-corrected chi connectivity index (χ4v) is 5.34. The molecule has 0 spiro atoms. The molecular formula is C19H16ClF3N2O5S. The second-order valence-electron chi connectivity index (χ2n) is 6.88. The first-order valence-electron chi connectivity index (χ1n) is 9.14. The van der Waals surface area contributed by atoms with Crippen molar-refractivity contribution in [3.8, 4) is 11.5 Å². The first-order valence-corrected chi connectivity index (χ1v) is 11.0. The summed E-state index contributed by atoms with van der Waals surface area (Å²) < 4.78 is 76.5. The third-order valence-corrected chi connectivity index (χ3v) is 7.41. The lowest BCUT2D eigenvalue weighted by atomic mass is 10.1. The summed E-state index contributed by atoms with van der Waals surface area (Å²) in [4.78, 5) is 13.7. The number of hydrogen-bond donors (Lipinski definition) is 0. The molecule has 31 heavy (non-hydrogen) atoms. The van der Waals surface area contributed by atoms with Crippen molar-refractivity contribution in [2.75, 3.05) is 33.0 Å². The lowest BCUT2D eigenvalue weighted by Gasteiger charge is -2.34. The Morgan fingerprint density at radius 2 is 1.74 bits per heavy atom. The Kier molecular flexibility index (Phi) is 5.52. The van der Waals surface area contributed by atoms with Crippen LogP contribution in [0.3, 0.4) is 0 Å². The molecule has 2 aromatic carbocycles. The van der Waals surface area contributed by atoms with E-state index in [1.165, 1.54) is 4.90 Å². The largest absolute Gasteiger partial charge is 0.454 e. The molecule has 7 nitrogen and oxygen atoms in total. The van der Waals surface area contributed by atoms with E-state index in [-0.39, 0.29) is 43.9 Å². The van der Waals surface area contributed by atoms with E-state index in [0.717, 1.165) is 16.4 Å². The van der Waals surface area contributed by atoms with Gasteiger partial charge in [-0.2, -0.15) is 17.5 Å². The number of ether oxygens (including phenoxy) is 2. The molecular weight excluding hydrogens is 461 g/mol. The topological polar surface area (TPSA) is 76.2 Å². The maximum atomic E-state index is 13.0. The smallest absolute Gasteiger partial charge is 0.416 e. The maximum Gasteiger partial charge on any atom is 0.416 e. The Hall–Kier alpha value is -2.50. The van der Waals surface area contributed by atoms with Crippen LogP contribution in [0.5, 0.6) is 11.5 Å². The fourth-order valence-electron chi connectivity index (χ4n) is 3.42. The van der Waals surface area contributed by atoms with E-state index < -0.39 is 26.7 Å². The van der Waals surface area contributed by atoms with Gasteiger partial charge in [-0.25, -0.2) is 8.42 Å². The van der Waals surface area contributed by atoms with Crippen LogP contribution in [0.25, 0.3) is 0 Å². The van der Waals surface area contributed by atoms with Crippen LogP contribution in [-0.4, -0.2) is 56.5 Å². The highest BCUT2D eigenvalue weighted by Gasteiger charge is 2.36. The summed E-state index contributed by atoms with van der Waals surface area (Å²) in [5.41, 5.74) is -0.809. The zero-order valence-corrected chi connectivity index (χ0v) is 17.4. The normalized spacial score (nSPS) is 17.1. The van der Waals surface area contributed by atoms with Crippen molar-refractivity contribution in [3.63, 3.8) is 0 Å². The second kappa shape index (κ2) is 7.88. The number of piperazine rings is 1. The van der Waals surface area contributed by atoms with Crippen LogP contribution in [0.15, 0.2) is 41.3 Å². The number of alkyl halides is 3. The second-order valence-corrected chi connectivity index (χ2v) is 9.19. The Balaban J connectivity index is 1.51. The summed E-state index contributed by atoms with van der Waals surface area (Å²) in [7, 11) is -4.28. The third kappa shape index (κ3) is 4.04. The van der Waals surface area contributed by atoms with Gasteiger partial charge in [0, 0.05) is 26.2 Å². The lowest BCUT2D eigenvalue weighted by molar-refractivity contribution is -0.137. The van der Waals surface area contributed by atoms with E-state index in [2.05, 4.69) is 0 Å². The van der Waals surface area contributed by atoms with Crippen LogP contribution >= 0.6 is 11.6 Å². The highest BCUT2D eigenvalue weighted by atomic mass is 35.5. The average Bonchev–Trinajstić information content (AvgIpc) is 3.21. The molecule has 166 valence electrons. The number of carbonyl (C=O) groups excluding carboxylic acids is 1. The summed E-state index contributed by atoms with van der Waals surface area (Å²) in [6.07, 6.45) is -4.71. The summed E-state index contributed by atoms with van der Waals surface area (Å²) in [5, 5.41) is -0.302. The van der Waals surface area contributed by atoms with Gasteiger partial charge in [0.05, 0.1) is 16.1 Å². The van der Waals surface area contributed by atoms with E-state index in [1.807, 2.05) is 0 Å². The van der Waals surface area contributed by atoms with Crippen LogP contribution in [0, 0.1) is 0 Å². The van der Waals surface area contributed by atoms with Gasteiger partial charge in [0.25, 0.3) is 5.91 Å². The van der Waals surface area contributed by atoms with Gasteiger partial charge in [0.15, 0.2) is 11.5 Å². The minimum atomic E-state index is -4.71. The molecule has 4 rings (SSSR count). The quantitative estimate of drug-likeness (QED) is 0.680. The molecule has 0 bridgehead atoms. The van der Waals surface area contributed by atoms with Crippen LogP contribution < -0.4 is 9.47 Å². The van der Waals surface area contributed by atoms with Crippen molar-refractivity contribution in [1.82, 2.24) is 9.21 Å². The number of benzene rings is 2. The molecule has 0 radical (unpaired) electrons. The molecule has 1 fully saturated rings. The van der Waals surface area contributed by atoms with E-state index in [4.69, 9.17) is 21.1 Å². The van der Waals surface area contributed by atoms with Gasteiger partial charge < -0.3 is 14.4 Å². The number of nitrogens with zero attached hydrogens (tertiary/aromatic N) is 2. The predicted molar refractivity (Wildman–Crippen MR) is 104 cm³/mol. The Bertz CT molecular complexity index is 1130.